The third-order valence-corrected chi connectivity index (χ3v) is 5.77. The lowest BCUT2D eigenvalue weighted by Crippen LogP contribution is -2.46. The van der Waals surface area contributed by atoms with E-state index >= 15 is 0 Å². The molecule has 1 unspecified atom stereocenters. The first-order valence-electron chi connectivity index (χ1n) is 13.0. The Morgan fingerprint density at radius 1 is 1.14 bits per heavy atom. The zero-order valence-corrected chi connectivity index (χ0v) is 23.5. The highest BCUT2D eigenvalue weighted by molar-refractivity contribution is 5.98. The van der Waals surface area contributed by atoms with E-state index in [4.69, 9.17) is 9.53 Å². The molecule has 1 aliphatic rings. The molecule has 0 bridgehead atoms. The van der Waals surface area contributed by atoms with Crippen LogP contribution < -0.4 is 10.1 Å². The van der Waals surface area contributed by atoms with Crippen molar-refractivity contribution in [2.45, 2.75) is 59.8 Å². The first-order valence-corrected chi connectivity index (χ1v) is 13.0. The van der Waals surface area contributed by atoms with E-state index in [2.05, 4.69) is 26.1 Å². The summed E-state index contributed by atoms with van der Waals surface area (Å²) in [5.74, 6) is 0.820. The average molecular weight is 522 g/mol. The fourth-order valence-corrected chi connectivity index (χ4v) is 3.88. The first-order chi connectivity index (χ1) is 17.6. The fourth-order valence-electron chi connectivity index (χ4n) is 3.88. The van der Waals surface area contributed by atoms with Crippen molar-refractivity contribution in [2.24, 2.45) is 17.8 Å². The van der Waals surface area contributed by atoms with E-state index in [1.807, 2.05) is 13.7 Å². The van der Waals surface area contributed by atoms with Crippen molar-refractivity contribution in [3.8, 4) is 5.75 Å². The third kappa shape index (κ3) is 13.9. The van der Waals surface area contributed by atoms with E-state index < -0.39 is 0 Å². The maximum absolute atomic E-state index is 12.7. The van der Waals surface area contributed by atoms with Gasteiger partial charge in [-0.25, -0.2) is 0 Å². The summed E-state index contributed by atoms with van der Waals surface area (Å²) in [6.45, 7) is 11.7. The molecule has 2 amide bonds. The number of methoxy groups -OCH3 is 1. The Kier molecular flexibility index (Phi) is 17.9. The smallest absolute Gasteiger partial charge is 0.241 e. The molecule has 1 aromatic rings. The molecular formula is C28H47N3O6. The molecule has 1 saturated heterocycles. The molecule has 1 heterocycles. The van der Waals surface area contributed by atoms with Crippen LogP contribution in [-0.2, 0) is 14.4 Å². The molecule has 0 radical (unpaired) electrons. The molecule has 0 saturated carbocycles. The van der Waals surface area contributed by atoms with Crippen LogP contribution in [-0.4, -0.2) is 79.9 Å². The second-order valence-corrected chi connectivity index (χ2v) is 9.88. The Hall–Kier alpha value is -2.78. The van der Waals surface area contributed by atoms with Gasteiger partial charge in [-0.1, -0.05) is 40.5 Å². The van der Waals surface area contributed by atoms with Gasteiger partial charge < -0.3 is 25.0 Å². The number of unbranched alkanes of at least 4 members (excludes halogenated alkanes) is 1. The van der Waals surface area contributed by atoms with Crippen LogP contribution in [0, 0.1) is 17.8 Å². The maximum Gasteiger partial charge on any atom is 0.241 e. The average Bonchev–Trinajstić information content (AvgIpc) is 2.89. The molecule has 0 spiro atoms. The van der Waals surface area contributed by atoms with Crippen molar-refractivity contribution in [1.82, 2.24) is 15.3 Å². The number of hydrogen-bond donors (Lipinski definition) is 2. The first kappa shape index (κ1) is 34.2. The number of benzene rings is 1. The van der Waals surface area contributed by atoms with E-state index in [0.29, 0.717) is 43.7 Å². The van der Waals surface area contributed by atoms with Gasteiger partial charge in [-0.3, -0.25) is 14.4 Å². The van der Waals surface area contributed by atoms with Crippen molar-refractivity contribution >= 4 is 24.4 Å². The van der Waals surface area contributed by atoms with Crippen LogP contribution in [0.4, 0.5) is 0 Å². The number of Topliss-reactive ketones (excluding diaryl/α,β-unsaturated/α-hetero) is 1. The summed E-state index contributed by atoms with van der Waals surface area (Å²) in [4.78, 5) is 47.4. The summed E-state index contributed by atoms with van der Waals surface area (Å²) in [6, 6.07) is 7.09. The number of ketones is 1. The number of hydrogen-bond acceptors (Lipinski definition) is 7. The minimum atomic E-state index is -0.351. The SMILES string of the molecule is C=O.CC(C)C.CCCCC(CN(C)O)C(=O)NCC(=O)N1CCC(C(=O)c2ccc(OC)cc2)CC1. The topological polar surface area (TPSA) is 116 Å². The number of likely N-dealkylation sites (tertiary alicyclic amines) is 1. The van der Waals surface area contributed by atoms with E-state index in [0.717, 1.165) is 23.8 Å². The van der Waals surface area contributed by atoms with Crippen LogP contribution in [0.3, 0.4) is 0 Å². The van der Waals surface area contributed by atoms with E-state index in [1.54, 1.807) is 36.3 Å². The van der Waals surface area contributed by atoms with Gasteiger partial charge in [-0.05, 0) is 49.4 Å². The van der Waals surface area contributed by atoms with Crippen molar-refractivity contribution in [3.63, 3.8) is 0 Å². The van der Waals surface area contributed by atoms with Gasteiger partial charge in [0.15, 0.2) is 5.78 Å². The largest absolute Gasteiger partial charge is 0.497 e. The molecule has 210 valence electrons. The van der Waals surface area contributed by atoms with Crippen LogP contribution in [0.2, 0.25) is 0 Å². The van der Waals surface area contributed by atoms with Crippen LogP contribution in [0.25, 0.3) is 0 Å². The number of carbonyl (C=O) groups excluding carboxylic acids is 4. The Labute approximate surface area is 222 Å². The number of nitrogens with zero attached hydrogens (tertiary/aromatic N) is 2. The normalized spacial score (nSPS) is 14.1. The van der Waals surface area contributed by atoms with E-state index in [9.17, 15) is 19.6 Å². The number of rotatable bonds is 11. The molecule has 0 aromatic heterocycles. The molecular weight excluding hydrogens is 474 g/mol. The molecule has 1 atom stereocenters. The van der Waals surface area contributed by atoms with Crippen molar-refractivity contribution in [1.29, 1.82) is 0 Å². The van der Waals surface area contributed by atoms with E-state index in [1.165, 1.54) is 7.05 Å². The lowest BCUT2D eigenvalue weighted by Gasteiger charge is -2.31. The lowest BCUT2D eigenvalue weighted by atomic mass is 9.89. The minimum Gasteiger partial charge on any atom is -0.497 e. The van der Waals surface area contributed by atoms with Gasteiger partial charge in [0.05, 0.1) is 19.6 Å². The molecule has 1 fully saturated rings. The van der Waals surface area contributed by atoms with Gasteiger partial charge in [-0.15, -0.1) is 0 Å². The molecule has 1 aromatic carbocycles. The quantitative estimate of drug-likeness (QED) is 0.336. The predicted molar refractivity (Wildman–Crippen MR) is 145 cm³/mol. The summed E-state index contributed by atoms with van der Waals surface area (Å²) in [5, 5.41) is 13.2. The summed E-state index contributed by atoms with van der Waals surface area (Å²) < 4.78 is 5.13. The second-order valence-electron chi connectivity index (χ2n) is 9.88. The maximum atomic E-state index is 12.7. The molecule has 2 N–H and O–H groups in total. The minimum absolute atomic E-state index is 0.0618. The molecule has 1 aliphatic heterocycles. The highest BCUT2D eigenvalue weighted by atomic mass is 16.5. The Bertz CT molecular complexity index is 787. The highest BCUT2D eigenvalue weighted by Gasteiger charge is 2.28. The fraction of sp³-hybridized carbons (Fsp3) is 0.643. The highest BCUT2D eigenvalue weighted by Crippen LogP contribution is 2.23. The second kappa shape index (κ2) is 19.3. The molecule has 2 rings (SSSR count). The van der Waals surface area contributed by atoms with Gasteiger partial charge in [0.2, 0.25) is 11.8 Å². The number of carbonyl (C=O) groups is 4. The summed E-state index contributed by atoms with van der Waals surface area (Å²) in [5.41, 5.74) is 0.657. The molecule has 37 heavy (non-hydrogen) atoms. The van der Waals surface area contributed by atoms with Crippen LogP contribution in [0.15, 0.2) is 24.3 Å². The zero-order valence-electron chi connectivity index (χ0n) is 23.5. The molecule has 9 nitrogen and oxygen atoms in total. The van der Waals surface area contributed by atoms with Crippen molar-refractivity contribution < 1.29 is 29.1 Å². The Morgan fingerprint density at radius 2 is 1.68 bits per heavy atom. The predicted octanol–water partition coefficient (Wildman–Crippen LogP) is 3.84. The number of hydroxylamine groups is 2. The zero-order chi connectivity index (χ0) is 28.4. The van der Waals surface area contributed by atoms with Crippen molar-refractivity contribution in [3.05, 3.63) is 29.8 Å². The number of amides is 2. The van der Waals surface area contributed by atoms with E-state index in [-0.39, 0.29) is 42.5 Å². The lowest BCUT2D eigenvalue weighted by molar-refractivity contribution is -0.137. The van der Waals surface area contributed by atoms with Crippen molar-refractivity contribution in [2.75, 3.05) is 40.3 Å². The number of ether oxygens (including phenoxy) is 1. The van der Waals surface area contributed by atoms with Gasteiger partial charge in [0, 0.05) is 38.2 Å². The Morgan fingerprint density at radius 3 is 2.14 bits per heavy atom. The number of piperidine rings is 1. The third-order valence-electron chi connectivity index (χ3n) is 5.77. The monoisotopic (exact) mass is 521 g/mol. The van der Waals surface area contributed by atoms with Gasteiger partial charge in [0.25, 0.3) is 0 Å². The van der Waals surface area contributed by atoms with Gasteiger partial charge in [0.1, 0.15) is 12.5 Å². The molecule has 0 aliphatic carbocycles. The van der Waals surface area contributed by atoms with Crippen LogP contribution in [0.1, 0.15) is 70.2 Å². The summed E-state index contributed by atoms with van der Waals surface area (Å²) in [6.07, 6.45) is 3.73. The summed E-state index contributed by atoms with van der Waals surface area (Å²) in [7, 11) is 3.09. The summed E-state index contributed by atoms with van der Waals surface area (Å²) >= 11 is 0. The Balaban J connectivity index is 0.00000196. The van der Waals surface area contributed by atoms with Crippen LogP contribution in [0.5, 0.6) is 5.75 Å². The van der Waals surface area contributed by atoms with Gasteiger partial charge in [-0.2, -0.15) is 5.06 Å². The standard InChI is InChI=1S/C23H35N3O5.C4H10.CH2O/c1-4-5-6-19(16-25(2)30)23(29)24-15-21(27)26-13-11-18(12-14-26)22(28)17-7-9-20(31-3)10-8-17;1-4(2)3;1-2/h7-10,18-19,30H,4-6,11-16H2,1-3H3,(H,24,29);4H,1-3H3;1H2. The van der Waals surface area contributed by atoms with Crippen LogP contribution >= 0.6 is 0 Å². The number of nitrogens with one attached hydrogen (secondary N) is 1. The van der Waals surface area contributed by atoms with Gasteiger partial charge >= 0.3 is 0 Å². The molecule has 9 heteroatoms.